The first-order valence-corrected chi connectivity index (χ1v) is 7.59. The highest BCUT2D eigenvalue weighted by Crippen LogP contribution is 2.30. The minimum atomic E-state index is -0.818. The molecule has 1 saturated heterocycles. The number of hydrogen-bond donors (Lipinski definition) is 1. The quantitative estimate of drug-likeness (QED) is 0.876. The van der Waals surface area contributed by atoms with Crippen molar-refractivity contribution in [1.82, 2.24) is 4.90 Å². The lowest BCUT2D eigenvalue weighted by molar-refractivity contribution is -0.147. The molecular weight excluding hydrogens is 282 g/mol. The van der Waals surface area contributed by atoms with E-state index < -0.39 is 11.4 Å². The summed E-state index contributed by atoms with van der Waals surface area (Å²) < 4.78 is 5.11. The molecule has 2 rings (SSSR count). The molecule has 0 bridgehead atoms. The second-order valence-corrected chi connectivity index (χ2v) is 6.13. The fourth-order valence-corrected chi connectivity index (χ4v) is 2.74. The van der Waals surface area contributed by atoms with Gasteiger partial charge in [-0.15, -0.1) is 0 Å². The summed E-state index contributed by atoms with van der Waals surface area (Å²) in [5, 5.41) is 9.19. The van der Waals surface area contributed by atoms with Crippen LogP contribution >= 0.6 is 0 Å². The van der Waals surface area contributed by atoms with Crippen LogP contribution in [-0.2, 0) is 16.0 Å². The molecule has 1 aromatic rings. The van der Waals surface area contributed by atoms with Gasteiger partial charge in [-0.3, -0.25) is 9.59 Å². The molecule has 1 aliphatic rings. The van der Waals surface area contributed by atoms with E-state index >= 15 is 0 Å². The number of ether oxygens (including phenoxy) is 1. The third-order valence-electron chi connectivity index (χ3n) is 4.36. The molecule has 1 aliphatic heterocycles. The number of likely N-dealkylation sites (tertiary alicyclic amines) is 1. The van der Waals surface area contributed by atoms with Crippen LogP contribution in [0.25, 0.3) is 0 Å². The zero-order chi connectivity index (χ0) is 16.2. The Morgan fingerprint density at radius 3 is 2.55 bits per heavy atom. The van der Waals surface area contributed by atoms with Gasteiger partial charge < -0.3 is 14.7 Å². The maximum atomic E-state index is 12.2. The van der Waals surface area contributed by atoms with Gasteiger partial charge in [0.1, 0.15) is 5.75 Å². The first-order valence-electron chi connectivity index (χ1n) is 7.59. The number of amides is 1. The Morgan fingerprint density at radius 2 is 2.00 bits per heavy atom. The molecule has 0 aromatic heterocycles. The summed E-state index contributed by atoms with van der Waals surface area (Å²) in [6.45, 7) is 2.58. The number of carboxylic acids is 1. The molecule has 1 heterocycles. The van der Waals surface area contributed by atoms with Crippen molar-refractivity contribution in [2.75, 3.05) is 20.2 Å². The van der Waals surface area contributed by atoms with Gasteiger partial charge in [0.25, 0.3) is 0 Å². The van der Waals surface area contributed by atoms with Crippen LogP contribution in [0.15, 0.2) is 24.3 Å². The molecule has 1 fully saturated rings. The van der Waals surface area contributed by atoms with Gasteiger partial charge in [0.2, 0.25) is 5.91 Å². The fourth-order valence-electron chi connectivity index (χ4n) is 2.74. The van der Waals surface area contributed by atoms with Crippen molar-refractivity contribution in [3.05, 3.63) is 29.8 Å². The van der Waals surface area contributed by atoms with E-state index in [0.717, 1.165) is 18.6 Å². The Morgan fingerprint density at radius 1 is 1.32 bits per heavy atom. The molecule has 1 atom stereocenters. The molecule has 22 heavy (non-hydrogen) atoms. The molecule has 0 radical (unpaired) electrons. The van der Waals surface area contributed by atoms with Gasteiger partial charge in [-0.25, -0.2) is 0 Å². The second-order valence-electron chi connectivity index (χ2n) is 6.13. The summed E-state index contributed by atoms with van der Waals surface area (Å²) in [7, 11) is 1.63. The topological polar surface area (TPSA) is 66.8 Å². The summed E-state index contributed by atoms with van der Waals surface area (Å²) in [5.41, 5.74) is 0.386. The lowest BCUT2D eigenvalue weighted by Crippen LogP contribution is -2.34. The van der Waals surface area contributed by atoms with Crippen molar-refractivity contribution < 1.29 is 19.4 Å². The van der Waals surface area contributed by atoms with Crippen molar-refractivity contribution in [1.29, 1.82) is 0 Å². The van der Waals surface area contributed by atoms with Crippen LogP contribution in [0.5, 0.6) is 5.75 Å². The number of aliphatic carboxylic acids is 1. The number of carbonyl (C=O) groups is 2. The minimum Gasteiger partial charge on any atom is -0.497 e. The highest BCUT2D eigenvalue weighted by molar-refractivity contribution is 5.80. The van der Waals surface area contributed by atoms with Crippen molar-refractivity contribution >= 4 is 11.9 Å². The smallest absolute Gasteiger partial charge is 0.311 e. The average molecular weight is 305 g/mol. The molecule has 1 aromatic carbocycles. The van der Waals surface area contributed by atoms with Gasteiger partial charge in [-0.1, -0.05) is 12.1 Å². The highest BCUT2D eigenvalue weighted by atomic mass is 16.5. The summed E-state index contributed by atoms with van der Waals surface area (Å²) in [5.74, 6) is 0.0596. The van der Waals surface area contributed by atoms with E-state index in [9.17, 15) is 14.7 Å². The number of carbonyl (C=O) groups excluding carboxylic acids is 1. The molecule has 1 unspecified atom stereocenters. The number of benzene rings is 1. The van der Waals surface area contributed by atoms with E-state index in [-0.39, 0.29) is 5.91 Å². The molecule has 0 saturated carbocycles. The maximum Gasteiger partial charge on any atom is 0.311 e. The SMILES string of the molecule is COc1ccc(CCCC(=O)N2CCC(C)(C(=O)O)C2)cc1. The standard InChI is InChI=1S/C17H23NO4/c1-17(16(20)21)10-11-18(12-17)15(19)5-3-4-13-6-8-14(22-2)9-7-13/h6-9H,3-5,10-12H2,1-2H3,(H,20,21). The predicted octanol–water partition coefficient (Wildman–Crippen LogP) is 2.34. The van der Waals surface area contributed by atoms with Crippen LogP contribution in [0.3, 0.4) is 0 Å². The maximum absolute atomic E-state index is 12.2. The van der Waals surface area contributed by atoms with Crippen LogP contribution in [0.4, 0.5) is 0 Å². The predicted molar refractivity (Wildman–Crippen MR) is 82.9 cm³/mol. The van der Waals surface area contributed by atoms with E-state index in [1.54, 1.807) is 18.9 Å². The zero-order valence-electron chi connectivity index (χ0n) is 13.2. The molecule has 5 nitrogen and oxygen atoms in total. The lowest BCUT2D eigenvalue weighted by Gasteiger charge is -2.20. The molecule has 0 spiro atoms. The third kappa shape index (κ3) is 3.78. The molecule has 1 amide bonds. The van der Waals surface area contributed by atoms with Crippen LogP contribution < -0.4 is 4.74 Å². The Kier molecular flexibility index (Phi) is 5.06. The van der Waals surface area contributed by atoms with Gasteiger partial charge in [0.15, 0.2) is 0 Å². The largest absolute Gasteiger partial charge is 0.497 e. The molecule has 5 heteroatoms. The number of hydrogen-bond acceptors (Lipinski definition) is 3. The zero-order valence-corrected chi connectivity index (χ0v) is 13.2. The normalized spacial score (nSPS) is 20.9. The monoisotopic (exact) mass is 305 g/mol. The Labute approximate surface area is 130 Å². The van der Waals surface area contributed by atoms with Gasteiger partial charge in [-0.05, 0) is 43.9 Å². The van der Waals surface area contributed by atoms with Gasteiger partial charge in [0, 0.05) is 19.5 Å². The molecular formula is C17H23NO4. The molecule has 1 N–H and O–H groups in total. The number of carboxylic acid groups (broad SMARTS) is 1. The number of aryl methyl sites for hydroxylation is 1. The van der Waals surface area contributed by atoms with E-state index in [0.29, 0.717) is 25.9 Å². The van der Waals surface area contributed by atoms with Crippen molar-refractivity contribution in [2.24, 2.45) is 5.41 Å². The number of methoxy groups -OCH3 is 1. The number of nitrogens with zero attached hydrogens (tertiary/aromatic N) is 1. The lowest BCUT2D eigenvalue weighted by atomic mass is 9.90. The summed E-state index contributed by atoms with van der Waals surface area (Å²) in [6, 6.07) is 7.83. The summed E-state index contributed by atoms with van der Waals surface area (Å²) in [4.78, 5) is 25.0. The van der Waals surface area contributed by atoms with Crippen molar-refractivity contribution in [3.8, 4) is 5.75 Å². The van der Waals surface area contributed by atoms with Gasteiger partial charge >= 0.3 is 5.97 Å². The number of rotatable bonds is 6. The first kappa shape index (κ1) is 16.3. The van der Waals surface area contributed by atoms with Gasteiger partial charge in [-0.2, -0.15) is 0 Å². The fraction of sp³-hybridized carbons (Fsp3) is 0.529. The Bertz CT molecular complexity index is 540. The first-order chi connectivity index (χ1) is 10.4. The highest BCUT2D eigenvalue weighted by Gasteiger charge is 2.41. The van der Waals surface area contributed by atoms with Crippen LogP contribution in [0, 0.1) is 5.41 Å². The van der Waals surface area contributed by atoms with Crippen molar-refractivity contribution in [2.45, 2.75) is 32.6 Å². The molecule has 0 aliphatic carbocycles. The Hall–Kier alpha value is -2.04. The minimum absolute atomic E-state index is 0.0542. The van der Waals surface area contributed by atoms with Crippen molar-refractivity contribution in [3.63, 3.8) is 0 Å². The van der Waals surface area contributed by atoms with E-state index in [1.807, 2.05) is 24.3 Å². The summed E-state index contributed by atoms with van der Waals surface area (Å²) >= 11 is 0. The second kappa shape index (κ2) is 6.81. The Balaban J connectivity index is 1.77. The van der Waals surface area contributed by atoms with Gasteiger partial charge in [0.05, 0.1) is 12.5 Å². The molecule has 120 valence electrons. The van der Waals surface area contributed by atoms with E-state index in [4.69, 9.17) is 4.74 Å². The van der Waals surface area contributed by atoms with E-state index in [1.165, 1.54) is 5.56 Å². The summed E-state index contributed by atoms with van der Waals surface area (Å²) in [6.07, 6.45) is 2.60. The van der Waals surface area contributed by atoms with Crippen LogP contribution in [0.2, 0.25) is 0 Å². The average Bonchev–Trinajstić information content (AvgIpc) is 2.92. The van der Waals surface area contributed by atoms with Crippen LogP contribution in [-0.4, -0.2) is 42.1 Å². The van der Waals surface area contributed by atoms with E-state index in [2.05, 4.69) is 0 Å². The third-order valence-corrected chi connectivity index (χ3v) is 4.36. The van der Waals surface area contributed by atoms with Crippen LogP contribution in [0.1, 0.15) is 31.7 Å².